The molecule has 1 unspecified atom stereocenters. The monoisotopic (exact) mass is 580 g/mol. The maximum Gasteiger partial charge on any atom is 0.299 e. The van der Waals surface area contributed by atoms with Crippen LogP contribution in [0, 0.1) is 0 Å². The van der Waals surface area contributed by atoms with Crippen LogP contribution in [0.25, 0.3) is 0 Å². The van der Waals surface area contributed by atoms with Gasteiger partial charge in [-0.15, -0.1) is 0 Å². The second kappa shape index (κ2) is 34.0. The van der Waals surface area contributed by atoms with E-state index >= 15 is 0 Å². The zero-order chi connectivity index (χ0) is 29.3. The highest BCUT2D eigenvalue weighted by atomic mass is 32.2. The molecule has 0 fully saturated rings. The number of hydrogen-bond donors (Lipinski definition) is 1. The molecule has 0 aliphatic heterocycles. The molecule has 0 aliphatic carbocycles. The van der Waals surface area contributed by atoms with Crippen molar-refractivity contribution in [2.24, 2.45) is 0 Å². The summed E-state index contributed by atoms with van der Waals surface area (Å²) in [7, 11) is -0.305. The Kier molecular flexibility index (Phi) is 35.7. The molecule has 238 valence electrons. The molecule has 0 bridgehead atoms. The van der Waals surface area contributed by atoms with Crippen molar-refractivity contribution in [3.8, 4) is 0 Å². The van der Waals surface area contributed by atoms with E-state index in [-0.39, 0.29) is 13.0 Å². The summed E-state index contributed by atoms with van der Waals surface area (Å²) in [5.41, 5.74) is -1.87. The molecule has 0 saturated carbocycles. The van der Waals surface area contributed by atoms with Crippen LogP contribution in [0.15, 0.2) is 0 Å². The van der Waals surface area contributed by atoms with Gasteiger partial charge in [-0.2, -0.15) is 8.42 Å². The Bertz CT molecular complexity index is 545. The number of halogens is 1. The topological polar surface area (TPSA) is 55.4 Å². The summed E-state index contributed by atoms with van der Waals surface area (Å²) in [5.74, 6) is 0. The van der Waals surface area contributed by atoms with Crippen LogP contribution in [0.4, 0.5) is 4.39 Å². The van der Waals surface area contributed by atoms with Crippen LogP contribution >= 0.6 is 0 Å². The molecule has 0 spiro atoms. The van der Waals surface area contributed by atoms with Gasteiger partial charge < -0.3 is 5.32 Å². The maximum atomic E-state index is 14.1. The fraction of sp³-hybridized carbons (Fsp3) is 1.00. The lowest BCUT2D eigenvalue weighted by molar-refractivity contribution is 0.270. The molecule has 1 atom stereocenters. The van der Waals surface area contributed by atoms with Gasteiger partial charge in [-0.25, -0.2) is 4.39 Å². The fourth-order valence-electron chi connectivity index (χ4n) is 4.84. The minimum atomic E-state index is -4.05. The van der Waals surface area contributed by atoms with Gasteiger partial charge in [-0.3, -0.25) is 4.18 Å². The van der Waals surface area contributed by atoms with Crippen molar-refractivity contribution in [3.63, 3.8) is 0 Å². The zero-order valence-corrected chi connectivity index (χ0v) is 27.7. The van der Waals surface area contributed by atoms with Crippen LogP contribution in [0.2, 0.25) is 0 Å². The average molecular weight is 580 g/mol. The third-order valence-electron chi connectivity index (χ3n) is 7.34. The first kappa shape index (κ1) is 40.9. The van der Waals surface area contributed by atoms with Crippen molar-refractivity contribution in [3.05, 3.63) is 0 Å². The first-order valence-corrected chi connectivity index (χ1v) is 18.5. The molecular weight excluding hydrogens is 509 g/mol. The minimum Gasteiger partial charge on any atom is -0.323 e. The van der Waals surface area contributed by atoms with Crippen LogP contribution in [-0.4, -0.2) is 34.6 Å². The summed E-state index contributed by atoms with van der Waals surface area (Å²) in [6.07, 6.45) is 32.1. The summed E-state index contributed by atoms with van der Waals surface area (Å²) < 4.78 is 42.9. The van der Waals surface area contributed by atoms with Gasteiger partial charge in [0, 0.05) is 0 Å². The van der Waals surface area contributed by atoms with E-state index < -0.39 is 15.6 Å². The summed E-state index contributed by atoms with van der Waals surface area (Å²) >= 11 is 0. The molecule has 1 N–H and O–H groups in total. The standard InChI is InChI=1S/C31H63FO3S.C2H7N/c1-3-5-7-9-11-13-14-15-16-17-18-19-20-21-22-24-26-28-30-35-36(33,34)31(32)29-27-25-23-12-10-8-6-4-2;1-3-2/h31H,3-30H2,1-2H3;3H,1-2H3. The van der Waals surface area contributed by atoms with E-state index in [1.54, 1.807) is 0 Å². The van der Waals surface area contributed by atoms with Crippen molar-refractivity contribution in [2.75, 3.05) is 20.7 Å². The molecule has 0 aliphatic rings. The Balaban J connectivity index is 0. The van der Waals surface area contributed by atoms with Crippen LogP contribution in [0.1, 0.15) is 187 Å². The SMILES string of the molecule is CCCCCCCCCCCCCCCCCCCCOS(=O)(=O)C(F)CCCCCCCCCC.CNC. The average Bonchev–Trinajstić information content (AvgIpc) is 2.91. The van der Waals surface area contributed by atoms with E-state index in [0.29, 0.717) is 12.8 Å². The van der Waals surface area contributed by atoms with E-state index in [2.05, 4.69) is 19.2 Å². The quantitative estimate of drug-likeness (QED) is 0.0679. The lowest BCUT2D eigenvalue weighted by Gasteiger charge is -2.10. The highest BCUT2D eigenvalue weighted by Gasteiger charge is 2.25. The van der Waals surface area contributed by atoms with Crippen molar-refractivity contribution < 1.29 is 17.0 Å². The molecule has 0 radical (unpaired) electrons. The Labute approximate surface area is 245 Å². The molecule has 0 heterocycles. The molecule has 0 amide bonds. The van der Waals surface area contributed by atoms with Gasteiger partial charge in [-0.1, -0.05) is 168 Å². The molecule has 0 aromatic rings. The Morgan fingerprint density at radius 3 is 1.08 bits per heavy atom. The Hall–Kier alpha value is -0.200. The maximum absolute atomic E-state index is 14.1. The van der Waals surface area contributed by atoms with Gasteiger partial charge >= 0.3 is 0 Å². The normalized spacial score (nSPS) is 12.3. The van der Waals surface area contributed by atoms with E-state index in [0.717, 1.165) is 25.7 Å². The zero-order valence-electron chi connectivity index (χ0n) is 26.9. The lowest BCUT2D eigenvalue weighted by atomic mass is 10.0. The van der Waals surface area contributed by atoms with Crippen LogP contribution < -0.4 is 5.32 Å². The van der Waals surface area contributed by atoms with Crippen LogP contribution in [0.3, 0.4) is 0 Å². The Morgan fingerprint density at radius 1 is 0.513 bits per heavy atom. The molecular formula is C33H70FNO3S. The molecule has 0 aromatic carbocycles. The molecule has 4 nitrogen and oxygen atoms in total. The smallest absolute Gasteiger partial charge is 0.299 e. The minimum absolute atomic E-state index is 0.0659. The lowest BCUT2D eigenvalue weighted by Crippen LogP contribution is -2.19. The summed E-state index contributed by atoms with van der Waals surface area (Å²) in [6, 6.07) is 0. The largest absolute Gasteiger partial charge is 0.323 e. The first-order chi connectivity index (χ1) is 19.0. The second-order valence-electron chi connectivity index (χ2n) is 11.5. The summed E-state index contributed by atoms with van der Waals surface area (Å²) in [6.45, 7) is 4.60. The van der Waals surface area contributed by atoms with Gasteiger partial charge in [0.25, 0.3) is 10.1 Å². The fourth-order valence-corrected chi connectivity index (χ4v) is 5.79. The van der Waals surface area contributed by atoms with Gasteiger partial charge in [0.2, 0.25) is 5.50 Å². The van der Waals surface area contributed by atoms with Gasteiger partial charge in [0.05, 0.1) is 6.61 Å². The summed E-state index contributed by atoms with van der Waals surface area (Å²) in [4.78, 5) is 0. The van der Waals surface area contributed by atoms with Crippen molar-refractivity contribution in [2.45, 2.75) is 193 Å². The third kappa shape index (κ3) is 33.9. The third-order valence-corrected chi connectivity index (χ3v) is 8.70. The Morgan fingerprint density at radius 2 is 0.769 bits per heavy atom. The number of unbranched alkanes of at least 4 members (excludes halogenated alkanes) is 24. The van der Waals surface area contributed by atoms with Gasteiger partial charge in [-0.05, 0) is 33.4 Å². The van der Waals surface area contributed by atoms with Gasteiger partial charge in [0.15, 0.2) is 0 Å². The van der Waals surface area contributed by atoms with Crippen molar-refractivity contribution >= 4 is 10.1 Å². The molecule has 39 heavy (non-hydrogen) atoms. The van der Waals surface area contributed by atoms with Gasteiger partial charge in [0.1, 0.15) is 0 Å². The molecule has 0 aromatic heterocycles. The van der Waals surface area contributed by atoms with Crippen molar-refractivity contribution in [1.82, 2.24) is 5.32 Å². The molecule has 0 rings (SSSR count). The highest BCUT2D eigenvalue weighted by molar-refractivity contribution is 7.87. The summed E-state index contributed by atoms with van der Waals surface area (Å²) in [5, 5.41) is 2.75. The van der Waals surface area contributed by atoms with Crippen LogP contribution in [-0.2, 0) is 14.3 Å². The van der Waals surface area contributed by atoms with Crippen molar-refractivity contribution in [1.29, 1.82) is 0 Å². The number of alkyl halides is 1. The molecule has 6 heteroatoms. The number of hydrogen-bond acceptors (Lipinski definition) is 4. The predicted octanol–water partition coefficient (Wildman–Crippen LogP) is 11.0. The predicted molar refractivity (Wildman–Crippen MR) is 171 cm³/mol. The van der Waals surface area contributed by atoms with E-state index in [1.165, 1.54) is 128 Å². The number of rotatable bonds is 30. The second-order valence-corrected chi connectivity index (χ2v) is 13.2. The molecule has 0 saturated heterocycles. The first-order valence-electron chi connectivity index (χ1n) is 17.1. The van der Waals surface area contributed by atoms with E-state index in [1.807, 2.05) is 14.1 Å². The van der Waals surface area contributed by atoms with E-state index in [9.17, 15) is 12.8 Å². The van der Waals surface area contributed by atoms with E-state index in [4.69, 9.17) is 4.18 Å². The van der Waals surface area contributed by atoms with Crippen LogP contribution in [0.5, 0.6) is 0 Å². The number of nitrogens with one attached hydrogen (secondary N) is 1. The highest BCUT2D eigenvalue weighted by Crippen LogP contribution is 2.18.